The van der Waals surface area contributed by atoms with Crippen LogP contribution in [0.25, 0.3) is 6.08 Å². The van der Waals surface area contributed by atoms with Gasteiger partial charge >= 0.3 is 0 Å². The number of benzene rings is 2. The lowest BCUT2D eigenvalue weighted by Gasteiger charge is -2.20. The van der Waals surface area contributed by atoms with Crippen molar-refractivity contribution in [2.24, 2.45) is 5.16 Å². The van der Waals surface area contributed by atoms with Crippen LogP contribution in [0.5, 0.6) is 5.75 Å². The van der Waals surface area contributed by atoms with E-state index in [1.54, 1.807) is 24.3 Å². The zero-order chi connectivity index (χ0) is 27.2. The number of aromatic nitrogens is 2. The maximum Gasteiger partial charge on any atom is 0.138 e. The van der Waals surface area contributed by atoms with Gasteiger partial charge in [0, 0.05) is 23.7 Å². The Morgan fingerprint density at radius 3 is 2.95 bits per heavy atom. The van der Waals surface area contributed by atoms with Crippen molar-refractivity contribution < 1.29 is 14.0 Å². The second kappa shape index (κ2) is 12.2. The van der Waals surface area contributed by atoms with E-state index < -0.39 is 0 Å². The number of halogens is 2. The van der Waals surface area contributed by atoms with E-state index in [2.05, 4.69) is 31.4 Å². The number of nitrogens with zero attached hydrogens (tertiary/aromatic N) is 5. The van der Waals surface area contributed by atoms with Crippen LogP contribution in [-0.2, 0) is 17.9 Å². The Morgan fingerprint density at radius 1 is 1.23 bits per heavy atom. The van der Waals surface area contributed by atoms with Crippen LogP contribution in [0.1, 0.15) is 35.5 Å². The van der Waals surface area contributed by atoms with E-state index in [9.17, 15) is 4.39 Å². The van der Waals surface area contributed by atoms with Gasteiger partial charge in [0.25, 0.3) is 0 Å². The molecule has 0 saturated carbocycles. The van der Waals surface area contributed by atoms with Crippen LogP contribution in [-0.4, -0.2) is 46.3 Å². The van der Waals surface area contributed by atoms with Crippen LogP contribution in [0.15, 0.2) is 53.7 Å². The Bertz CT molecular complexity index is 1450. The number of ether oxygens (including phenoxy) is 1. The van der Waals surface area contributed by atoms with Gasteiger partial charge in [-0.15, -0.1) is 0 Å². The number of nitrogens with one attached hydrogen (secondary N) is 1. The fraction of sp³-hybridized carbons (Fsp3) is 0.310. The van der Waals surface area contributed by atoms with Gasteiger partial charge < -0.3 is 14.9 Å². The number of nitriles is 1. The van der Waals surface area contributed by atoms with Gasteiger partial charge in [-0.2, -0.15) is 5.26 Å². The lowest BCUT2D eigenvalue weighted by molar-refractivity contribution is 0.0872. The molecule has 0 radical (unpaired) electrons. The second-order valence-electron chi connectivity index (χ2n) is 9.49. The van der Waals surface area contributed by atoms with Gasteiger partial charge in [-0.25, -0.2) is 14.4 Å². The molecule has 200 valence electrons. The van der Waals surface area contributed by atoms with Crippen molar-refractivity contribution in [1.29, 1.82) is 5.26 Å². The fourth-order valence-corrected chi connectivity index (χ4v) is 4.96. The topological polar surface area (TPSA) is 95.7 Å². The summed E-state index contributed by atoms with van der Waals surface area (Å²) in [6.07, 6.45) is 6.39. The lowest BCUT2D eigenvalue weighted by atomic mass is 10.0. The molecule has 8 nitrogen and oxygen atoms in total. The minimum absolute atomic E-state index is 0.205. The molecule has 10 heteroatoms. The Labute approximate surface area is 231 Å². The van der Waals surface area contributed by atoms with Crippen molar-refractivity contribution in [1.82, 2.24) is 14.9 Å². The molecule has 0 bridgehead atoms. The normalized spacial score (nSPS) is 17.6. The van der Waals surface area contributed by atoms with Gasteiger partial charge in [-0.1, -0.05) is 28.9 Å². The van der Waals surface area contributed by atoms with Gasteiger partial charge in [-0.05, 0) is 74.4 Å². The zero-order valence-corrected chi connectivity index (χ0v) is 22.3. The summed E-state index contributed by atoms with van der Waals surface area (Å²) in [5, 5.41) is 17.1. The minimum atomic E-state index is -0.309. The van der Waals surface area contributed by atoms with Gasteiger partial charge in [0.05, 0.1) is 29.0 Å². The molecule has 2 aromatic carbocycles. The zero-order valence-electron chi connectivity index (χ0n) is 21.5. The SMILES string of the molecule is Cc1nc2c(c(Nc3ccc(OCc4cccc(F)c4)c(Cl)c3)n1)CC(=NOCC1CCCN1CC#N)C=C2. The second-order valence-corrected chi connectivity index (χ2v) is 9.89. The summed E-state index contributed by atoms with van der Waals surface area (Å²) < 4.78 is 19.2. The van der Waals surface area contributed by atoms with Crippen molar-refractivity contribution in [3.8, 4) is 11.8 Å². The van der Waals surface area contributed by atoms with E-state index in [4.69, 9.17) is 26.4 Å². The summed E-state index contributed by atoms with van der Waals surface area (Å²) in [6.45, 7) is 3.83. The molecule has 0 spiro atoms. The maximum absolute atomic E-state index is 13.4. The van der Waals surface area contributed by atoms with Gasteiger partial charge in [0.1, 0.15) is 36.4 Å². The molecule has 0 amide bonds. The Balaban J connectivity index is 1.25. The summed E-state index contributed by atoms with van der Waals surface area (Å²) in [6, 6.07) is 14.1. The van der Waals surface area contributed by atoms with Crippen LogP contribution >= 0.6 is 11.6 Å². The highest BCUT2D eigenvalue weighted by Gasteiger charge is 2.25. The molecule has 2 aliphatic rings. The van der Waals surface area contributed by atoms with Crippen molar-refractivity contribution >= 4 is 34.9 Å². The molecule has 1 aliphatic carbocycles. The predicted octanol–water partition coefficient (Wildman–Crippen LogP) is 5.83. The quantitative estimate of drug-likeness (QED) is 0.266. The average Bonchev–Trinajstić information content (AvgIpc) is 3.35. The average molecular weight is 547 g/mol. The van der Waals surface area contributed by atoms with Crippen LogP contribution < -0.4 is 10.1 Å². The van der Waals surface area contributed by atoms with Gasteiger partial charge in [0.15, 0.2) is 0 Å². The molecule has 1 atom stereocenters. The minimum Gasteiger partial charge on any atom is -0.487 e. The first-order valence-corrected chi connectivity index (χ1v) is 13.2. The first-order valence-electron chi connectivity index (χ1n) is 12.8. The van der Waals surface area contributed by atoms with Crippen LogP contribution in [0.4, 0.5) is 15.9 Å². The number of fused-ring (bicyclic) bond motifs is 1. The molecule has 5 rings (SSSR count). The standard InChI is InChI=1S/C29H28ClFN6O2/c1-19-33-27-9-7-23(36-39-18-24-6-3-12-37(24)13-11-32)15-25(27)29(34-19)35-22-8-10-28(26(30)16-22)38-17-20-4-2-5-21(31)14-20/h2,4-5,7-10,14,16,24H,3,6,12-13,15,17-18H2,1H3,(H,33,34,35). The molecule has 1 unspecified atom stereocenters. The molecule has 1 aliphatic heterocycles. The number of likely N-dealkylation sites (tertiary alicyclic amines) is 1. The van der Waals surface area contributed by atoms with Gasteiger partial charge in [-0.3, -0.25) is 4.90 Å². The van der Waals surface area contributed by atoms with E-state index in [-0.39, 0.29) is 18.5 Å². The number of anilines is 2. The molecule has 2 heterocycles. The van der Waals surface area contributed by atoms with E-state index in [0.717, 1.165) is 42.0 Å². The highest BCUT2D eigenvalue weighted by Crippen LogP contribution is 2.32. The van der Waals surface area contributed by atoms with Crippen LogP contribution in [0.3, 0.4) is 0 Å². The highest BCUT2D eigenvalue weighted by atomic mass is 35.5. The number of hydrogen-bond acceptors (Lipinski definition) is 8. The molecule has 1 aromatic heterocycles. The molecule has 1 N–H and O–H groups in total. The van der Waals surface area contributed by atoms with Crippen LogP contribution in [0, 0.1) is 24.1 Å². The Hall–Kier alpha value is -4.00. The smallest absolute Gasteiger partial charge is 0.138 e. The van der Waals surface area contributed by atoms with Crippen molar-refractivity contribution in [2.75, 3.05) is 25.0 Å². The summed E-state index contributed by atoms with van der Waals surface area (Å²) in [5.74, 6) is 1.49. The van der Waals surface area contributed by atoms with Crippen LogP contribution in [0.2, 0.25) is 5.02 Å². The summed E-state index contributed by atoms with van der Waals surface area (Å²) >= 11 is 6.49. The van der Waals surface area contributed by atoms with Crippen molar-refractivity contribution in [2.45, 2.75) is 38.8 Å². The monoisotopic (exact) mass is 546 g/mol. The highest BCUT2D eigenvalue weighted by molar-refractivity contribution is 6.32. The van der Waals surface area contributed by atoms with E-state index in [0.29, 0.717) is 47.6 Å². The largest absolute Gasteiger partial charge is 0.487 e. The lowest BCUT2D eigenvalue weighted by Crippen LogP contribution is -2.33. The Kier molecular flexibility index (Phi) is 8.35. The van der Waals surface area contributed by atoms with E-state index in [1.807, 2.05) is 25.1 Å². The van der Waals surface area contributed by atoms with Crippen molar-refractivity contribution in [3.63, 3.8) is 0 Å². The third-order valence-corrected chi connectivity index (χ3v) is 6.94. The Morgan fingerprint density at radius 2 is 2.13 bits per heavy atom. The molecule has 1 saturated heterocycles. The molecule has 3 aromatic rings. The first kappa shape index (κ1) is 26.6. The fourth-order valence-electron chi connectivity index (χ4n) is 4.72. The number of hydrogen-bond donors (Lipinski definition) is 1. The predicted molar refractivity (Wildman–Crippen MR) is 149 cm³/mol. The third kappa shape index (κ3) is 6.72. The summed E-state index contributed by atoms with van der Waals surface area (Å²) in [5.41, 5.74) is 3.94. The van der Waals surface area contributed by atoms with E-state index in [1.165, 1.54) is 12.1 Å². The third-order valence-electron chi connectivity index (χ3n) is 6.64. The summed E-state index contributed by atoms with van der Waals surface area (Å²) in [7, 11) is 0. The summed E-state index contributed by atoms with van der Waals surface area (Å²) in [4.78, 5) is 17.0. The molecule has 1 fully saturated rings. The van der Waals surface area contributed by atoms with Crippen molar-refractivity contribution in [3.05, 3.63) is 82.0 Å². The molecular formula is C29H28ClFN6O2. The van der Waals surface area contributed by atoms with Gasteiger partial charge in [0.2, 0.25) is 0 Å². The number of allylic oxidation sites excluding steroid dienone is 1. The molecular weight excluding hydrogens is 519 g/mol. The maximum atomic E-state index is 13.4. The number of oxime groups is 1. The molecule has 39 heavy (non-hydrogen) atoms. The van der Waals surface area contributed by atoms with E-state index >= 15 is 0 Å². The first-order chi connectivity index (χ1) is 19.0. The number of aryl methyl sites for hydroxylation is 1. The number of rotatable bonds is 9.